The number of hydrogen-bond donors (Lipinski definition) is 5. The highest BCUT2D eigenvalue weighted by molar-refractivity contribution is 8.00. The third-order valence-corrected chi connectivity index (χ3v) is 7.35. The predicted molar refractivity (Wildman–Crippen MR) is 125 cm³/mol. The number of nitrogens with one attached hydrogen (secondary N) is 4. The summed E-state index contributed by atoms with van der Waals surface area (Å²) in [6.07, 6.45) is 5.41. The molecule has 11 heteroatoms. The molecule has 0 aromatic carbocycles. The van der Waals surface area contributed by atoms with Gasteiger partial charge in [0.1, 0.15) is 0 Å². The summed E-state index contributed by atoms with van der Waals surface area (Å²) in [5.41, 5.74) is 0. The lowest BCUT2D eigenvalue weighted by Gasteiger charge is -2.17. The van der Waals surface area contributed by atoms with E-state index in [2.05, 4.69) is 21.3 Å². The van der Waals surface area contributed by atoms with Gasteiger partial charge in [0.05, 0.1) is 26.4 Å². The van der Waals surface area contributed by atoms with Crippen LogP contribution in [0.5, 0.6) is 0 Å². The summed E-state index contributed by atoms with van der Waals surface area (Å²) in [7, 11) is 0. The Balaban J connectivity index is 1.32. The number of amides is 2. The van der Waals surface area contributed by atoms with E-state index in [1.165, 1.54) is 0 Å². The third kappa shape index (κ3) is 11.2. The van der Waals surface area contributed by atoms with Crippen molar-refractivity contribution in [1.82, 2.24) is 21.3 Å². The molecular weight excluding hydrogens is 440 g/mol. The van der Waals surface area contributed by atoms with Gasteiger partial charge in [0.2, 0.25) is 11.8 Å². The third-order valence-electron chi connectivity index (χ3n) is 5.23. The van der Waals surface area contributed by atoms with Crippen LogP contribution >= 0.6 is 23.5 Å². The summed E-state index contributed by atoms with van der Waals surface area (Å²) in [5, 5.41) is 22.1. The van der Waals surface area contributed by atoms with Gasteiger partial charge in [0.25, 0.3) is 0 Å². The first-order valence-corrected chi connectivity index (χ1v) is 13.5. The Labute approximate surface area is 193 Å². The van der Waals surface area contributed by atoms with Gasteiger partial charge in [-0.25, -0.2) is 0 Å². The number of hydrogen-bond acceptors (Lipinski definition) is 9. The van der Waals surface area contributed by atoms with Crippen LogP contribution in [0.3, 0.4) is 0 Å². The van der Waals surface area contributed by atoms with Crippen LogP contribution < -0.4 is 21.3 Å². The van der Waals surface area contributed by atoms with E-state index in [1.807, 2.05) is 18.0 Å². The van der Waals surface area contributed by atoms with E-state index in [9.17, 15) is 14.7 Å². The van der Waals surface area contributed by atoms with Crippen LogP contribution in [0.4, 0.5) is 0 Å². The lowest BCUT2D eigenvalue weighted by atomic mass is 10.0. The normalized spacial score (nSPS) is 24.8. The van der Waals surface area contributed by atoms with Gasteiger partial charge in [-0.2, -0.15) is 23.5 Å². The minimum atomic E-state index is -0.583. The van der Waals surface area contributed by atoms with Crippen molar-refractivity contribution in [3.8, 4) is 0 Å². The van der Waals surface area contributed by atoms with Crippen LogP contribution in [0, 0.1) is 0 Å². The van der Waals surface area contributed by atoms with E-state index >= 15 is 0 Å². The summed E-state index contributed by atoms with van der Waals surface area (Å²) in [4.78, 5) is 23.3. The predicted octanol–water partition coefficient (Wildman–Crippen LogP) is -0.113. The van der Waals surface area contributed by atoms with E-state index in [0.29, 0.717) is 69.7 Å². The Hall–Kier alpha value is -0.560. The fraction of sp³-hybridized carbons (Fsp3) is 0.900. The summed E-state index contributed by atoms with van der Waals surface area (Å²) < 4.78 is 10.8. The van der Waals surface area contributed by atoms with Crippen LogP contribution in [0.15, 0.2) is 0 Å². The van der Waals surface area contributed by atoms with Crippen LogP contribution in [0.1, 0.15) is 32.1 Å². The molecule has 2 saturated heterocycles. The molecule has 2 fully saturated rings. The van der Waals surface area contributed by atoms with Gasteiger partial charge < -0.3 is 25.2 Å². The molecule has 0 aromatic rings. The molecule has 2 aliphatic rings. The summed E-state index contributed by atoms with van der Waals surface area (Å²) in [5.74, 6) is 1.97. The number of unbranched alkanes of at least 4 members (excludes halogenated alkanes) is 1. The molecule has 2 heterocycles. The van der Waals surface area contributed by atoms with Gasteiger partial charge >= 0.3 is 0 Å². The summed E-state index contributed by atoms with van der Waals surface area (Å²) in [6, 6.07) is 0.688. The molecule has 0 spiro atoms. The van der Waals surface area contributed by atoms with E-state index in [0.717, 1.165) is 30.8 Å². The quantitative estimate of drug-likeness (QED) is 0.182. The van der Waals surface area contributed by atoms with Crippen molar-refractivity contribution in [2.24, 2.45) is 0 Å². The highest BCUT2D eigenvalue weighted by atomic mass is 32.2. The number of fused-ring (bicyclic) bond motifs is 1. The highest BCUT2D eigenvalue weighted by Crippen LogP contribution is 2.33. The molecule has 9 nitrogen and oxygen atoms in total. The smallest absolute Gasteiger partial charge is 0.220 e. The van der Waals surface area contributed by atoms with E-state index in [4.69, 9.17) is 9.47 Å². The van der Waals surface area contributed by atoms with E-state index in [1.54, 1.807) is 11.8 Å². The van der Waals surface area contributed by atoms with Crippen LogP contribution in [0.2, 0.25) is 0 Å². The van der Waals surface area contributed by atoms with Gasteiger partial charge in [-0.3, -0.25) is 20.2 Å². The lowest BCUT2D eigenvalue weighted by Crippen LogP contribution is -2.38. The first kappa shape index (κ1) is 26.7. The Morgan fingerprint density at radius 2 is 1.71 bits per heavy atom. The molecule has 4 unspecified atom stereocenters. The van der Waals surface area contributed by atoms with Crippen molar-refractivity contribution < 1.29 is 24.2 Å². The van der Waals surface area contributed by atoms with E-state index in [-0.39, 0.29) is 11.8 Å². The molecule has 0 bridgehead atoms. The SMILES string of the molecule is CSCCC(=O)NCCOCCOCCNC(=O)CCCCC1SCC2NC(O)NC21. The van der Waals surface area contributed by atoms with Crippen molar-refractivity contribution in [2.45, 2.75) is 55.8 Å². The average molecular weight is 479 g/mol. The van der Waals surface area contributed by atoms with Gasteiger partial charge in [-0.15, -0.1) is 0 Å². The molecule has 5 N–H and O–H groups in total. The molecule has 2 rings (SSSR count). The van der Waals surface area contributed by atoms with Gasteiger partial charge in [-0.05, 0) is 19.1 Å². The monoisotopic (exact) mass is 478 g/mol. The molecule has 180 valence electrons. The number of carbonyl (C=O) groups excluding carboxylic acids is 2. The number of carbonyl (C=O) groups is 2. The minimum Gasteiger partial charge on any atom is -0.377 e. The standard InChI is InChI=1S/C20H38N4O5S2/c1-30-13-6-18(26)22-8-10-29-12-11-28-9-7-21-17(25)5-3-2-4-16-19-15(14-31-16)23-20(27)24-19/h15-16,19-20,23-24,27H,2-14H2,1H3,(H,21,25)(H,22,26). The first-order chi connectivity index (χ1) is 15.1. The largest absolute Gasteiger partial charge is 0.377 e. The van der Waals surface area contributed by atoms with Crippen LogP contribution in [-0.4, -0.2) is 97.9 Å². The Kier molecular flexibility index (Phi) is 13.9. The summed E-state index contributed by atoms with van der Waals surface area (Å²) >= 11 is 3.60. The molecule has 0 aromatic heterocycles. The molecule has 0 radical (unpaired) electrons. The molecule has 2 aliphatic heterocycles. The van der Waals surface area contributed by atoms with Crippen molar-refractivity contribution in [3.05, 3.63) is 0 Å². The zero-order valence-corrected chi connectivity index (χ0v) is 20.0. The molecule has 0 saturated carbocycles. The second-order valence-electron chi connectivity index (χ2n) is 7.65. The van der Waals surface area contributed by atoms with E-state index < -0.39 is 6.35 Å². The molecular formula is C20H38N4O5S2. The number of aliphatic hydroxyl groups excluding tert-OH is 1. The van der Waals surface area contributed by atoms with Crippen molar-refractivity contribution in [3.63, 3.8) is 0 Å². The molecule has 2 amide bonds. The fourth-order valence-electron chi connectivity index (χ4n) is 3.61. The Morgan fingerprint density at radius 1 is 1.03 bits per heavy atom. The zero-order valence-electron chi connectivity index (χ0n) is 18.4. The second-order valence-corrected chi connectivity index (χ2v) is 9.91. The Bertz CT molecular complexity index is 532. The van der Waals surface area contributed by atoms with Gasteiger partial charge in [0.15, 0.2) is 6.35 Å². The topological polar surface area (TPSA) is 121 Å². The summed E-state index contributed by atoms with van der Waals surface area (Å²) in [6.45, 7) is 2.88. The number of ether oxygens (including phenoxy) is 2. The molecule has 31 heavy (non-hydrogen) atoms. The number of thioether (sulfide) groups is 2. The maximum Gasteiger partial charge on any atom is 0.220 e. The fourth-order valence-corrected chi connectivity index (χ4v) is 5.57. The van der Waals surface area contributed by atoms with Crippen molar-refractivity contribution in [2.75, 3.05) is 57.3 Å². The van der Waals surface area contributed by atoms with Gasteiger partial charge in [-0.1, -0.05) is 6.42 Å². The highest BCUT2D eigenvalue weighted by Gasteiger charge is 2.42. The first-order valence-electron chi connectivity index (χ1n) is 11.1. The number of rotatable bonds is 17. The molecule has 4 atom stereocenters. The maximum atomic E-state index is 11.9. The minimum absolute atomic E-state index is 0.0546. The number of aliphatic hydroxyl groups is 1. The average Bonchev–Trinajstić information content (AvgIpc) is 3.30. The molecule has 0 aliphatic carbocycles. The zero-order chi connectivity index (χ0) is 22.3. The van der Waals surface area contributed by atoms with Crippen molar-refractivity contribution >= 4 is 35.3 Å². The maximum absolute atomic E-state index is 11.9. The lowest BCUT2D eigenvalue weighted by molar-refractivity contribution is -0.122. The van der Waals surface area contributed by atoms with Crippen LogP contribution in [0.25, 0.3) is 0 Å². The Morgan fingerprint density at radius 3 is 2.39 bits per heavy atom. The van der Waals surface area contributed by atoms with Crippen LogP contribution in [-0.2, 0) is 19.1 Å². The van der Waals surface area contributed by atoms with Gasteiger partial charge in [0, 0.05) is 54.8 Å². The second kappa shape index (κ2) is 16.1. The van der Waals surface area contributed by atoms with Crippen molar-refractivity contribution in [1.29, 1.82) is 0 Å².